The van der Waals surface area contributed by atoms with Gasteiger partial charge in [0.2, 0.25) is 0 Å². The number of hydrogen-bond donors (Lipinski definition) is 1. The quantitative estimate of drug-likeness (QED) is 0.686. The van der Waals surface area contributed by atoms with Gasteiger partial charge >= 0.3 is 11.4 Å². The van der Waals surface area contributed by atoms with Crippen LogP contribution in [0.25, 0.3) is 0 Å². The molecule has 1 saturated carbocycles. The molecule has 0 radical (unpaired) electrons. The summed E-state index contributed by atoms with van der Waals surface area (Å²) in [6.45, 7) is 0. The van der Waals surface area contributed by atoms with Crippen LogP contribution in [0, 0.1) is 0 Å². The molecule has 0 bridgehead atoms. The van der Waals surface area contributed by atoms with Crippen LogP contribution in [0.4, 0.5) is 0 Å². The lowest BCUT2D eigenvalue weighted by atomic mass is 9.77. The van der Waals surface area contributed by atoms with Crippen molar-refractivity contribution < 1.29 is 17.7 Å². The molecule has 1 aromatic rings. The van der Waals surface area contributed by atoms with Gasteiger partial charge in [0.1, 0.15) is 5.60 Å². The standard InChI is InChI=1S/C13H15ClO4S/c14-12-3-1-10(2-4-12)11-5-7-13(9-15,8-6-11)18-19(16)17/h1-4,9,11H,5-8H2,(H,16,17). The highest BCUT2D eigenvalue weighted by Crippen LogP contribution is 2.39. The largest absolute Gasteiger partial charge is 0.302 e. The van der Waals surface area contributed by atoms with Crippen LogP contribution in [-0.2, 0) is 20.3 Å². The second-order valence-electron chi connectivity index (χ2n) is 4.81. The van der Waals surface area contributed by atoms with Gasteiger partial charge < -0.3 is 4.79 Å². The average Bonchev–Trinajstić information content (AvgIpc) is 2.40. The van der Waals surface area contributed by atoms with Crippen LogP contribution >= 0.6 is 11.6 Å². The molecule has 1 fully saturated rings. The molecule has 6 heteroatoms. The molecule has 0 amide bonds. The number of benzene rings is 1. The third-order valence-corrected chi connectivity index (χ3v) is 4.35. The fraction of sp³-hybridized carbons (Fsp3) is 0.462. The molecule has 1 atom stereocenters. The van der Waals surface area contributed by atoms with Gasteiger partial charge in [-0.05, 0) is 49.3 Å². The minimum absolute atomic E-state index is 0.334. The highest BCUT2D eigenvalue weighted by atomic mass is 35.5. The third-order valence-electron chi connectivity index (χ3n) is 3.63. The summed E-state index contributed by atoms with van der Waals surface area (Å²) in [4.78, 5) is 11.1. The second kappa shape index (κ2) is 6.13. The third kappa shape index (κ3) is 3.63. The maximum absolute atomic E-state index is 11.1. The maximum atomic E-state index is 11.1. The van der Waals surface area contributed by atoms with Crippen LogP contribution in [0.1, 0.15) is 37.2 Å². The lowest BCUT2D eigenvalue weighted by Gasteiger charge is -2.34. The Kier molecular flexibility index (Phi) is 4.73. The Bertz CT molecular complexity index is 466. The van der Waals surface area contributed by atoms with E-state index in [1.54, 1.807) is 0 Å². The van der Waals surface area contributed by atoms with Gasteiger partial charge in [-0.3, -0.25) is 8.74 Å². The highest BCUT2D eigenvalue weighted by molar-refractivity contribution is 7.74. The first kappa shape index (κ1) is 14.7. The van der Waals surface area contributed by atoms with Crippen molar-refractivity contribution in [3.63, 3.8) is 0 Å². The normalized spacial score (nSPS) is 28.8. The van der Waals surface area contributed by atoms with Crippen molar-refractivity contribution in [1.82, 2.24) is 0 Å². The Balaban J connectivity index is 2.03. The first-order valence-corrected chi connectivity index (χ1v) is 7.48. The number of halogens is 1. The summed E-state index contributed by atoms with van der Waals surface area (Å²) in [7, 11) is 0. The van der Waals surface area contributed by atoms with Crippen LogP contribution in [0.5, 0.6) is 0 Å². The van der Waals surface area contributed by atoms with Crippen LogP contribution in [-0.4, -0.2) is 20.6 Å². The van der Waals surface area contributed by atoms with Crippen molar-refractivity contribution in [3.8, 4) is 0 Å². The Morgan fingerprint density at radius 1 is 1.32 bits per heavy atom. The summed E-state index contributed by atoms with van der Waals surface area (Å²) < 4.78 is 24.4. The molecular formula is C13H15ClO4S. The SMILES string of the molecule is O=CC1(OS(=O)O)CCC(c2ccc(Cl)cc2)CC1. The zero-order chi connectivity index (χ0) is 13.9. The average molecular weight is 303 g/mol. The molecule has 0 aromatic heterocycles. The lowest BCUT2D eigenvalue weighted by Crippen LogP contribution is -2.38. The van der Waals surface area contributed by atoms with Gasteiger partial charge in [0.05, 0.1) is 0 Å². The van der Waals surface area contributed by atoms with E-state index in [4.69, 9.17) is 20.3 Å². The molecule has 0 spiro atoms. The number of hydrogen-bond acceptors (Lipinski definition) is 3. The van der Waals surface area contributed by atoms with E-state index in [0.29, 0.717) is 30.1 Å². The molecule has 1 aliphatic rings. The first-order chi connectivity index (χ1) is 9.04. The number of rotatable bonds is 4. The second-order valence-corrected chi connectivity index (χ2v) is 5.85. The van der Waals surface area contributed by atoms with Crippen LogP contribution < -0.4 is 0 Å². The van der Waals surface area contributed by atoms with E-state index in [0.717, 1.165) is 12.8 Å². The topological polar surface area (TPSA) is 63.6 Å². The van der Waals surface area contributed by atoms with Gasteiger partial charge in [-0.25, -0.2) is 0 Å². The number of aldehydes is 1. The summed E-state index contributed by atoms with van der Waals surface area (Å²) in [6, 6.07) is 7.65. The summed E-state index contributed by atoms with van der Waals surface area (Å²) in [5.74, 6) is 0.334. The minimum atomic E-state index is -2.41. The fourth-order valence-corrected chi connectivity index (χ4v) is 3.15. The maximum Gasteiger partial charge on any atom is 0.302 e. The van der Waals surface area contributed by atoms with Gasteiger partial charge in [0, 0.05) is 5.02 Å². The van der Waals surface area contributed by atoms with E-state index >= 15 is 0 Å². The van der Waals surface area contributed by atoms with Crippen LogP contribution in [0.3, 0.4) is 0 Å². The van der Waals surface area contributed by atoms with E-state index in [2.05, 4.69) is 0 Å². The highest BCUT2D eigenvalue weighted by Gasteiger charge is 2.38. The molecule has 0 aliphatic heterocycles. The van der Waals surface area contributed by atoms with E-state index in [1.807, 2.05) is 24.3 Å². The molecule has 1 aromatic carbocycles. The van der Waals surface area contributed by atoms with Gasteiger partial charge in [0.15, 0.2) is 6.29 Å². The summed E-state index contributed by atoms with van der Waals surface area (Å²) in [6.07, 6.45) is 3.06. The Morgan fingerprint density at radius 3 is 2.37 bits per heavy atom. The predicted octanol–water partition coefficient (Wildman–Crippen LogP) is 3.09. The summed E-state index contributed by atoms with van der Waals surface area (Å²) in [5, 5.41) is 0.695. The van der Waals surface area contributed by atoms with Gasteiger partial charge in [0.25, 0.3) is 0 Å². The zero-order valence-corrected chi connectivity index (χ0v) is 11.8. The molecule has 0 heterocycles. The first-order valence-electron chi connectivity index (χ1n) is 6.07. The molecule has 0 saturated heterocycles. The number of carbonyl (C=O) groups is 1. The summed E-state index contributed by atoms with van der Waals surface area (Å²) in [5.41, 5.74) is 0.0664. The van der Waals surface area contributed by atoms with Crippen molar-refractivity contribution >= 4 is 29.2 Å². The molecule has 4 nitrogen and oxygen atoms in total. The molecular weight excluding hydrogens is 288 g/mol. The summed E-state index contributed by atoms with van der Waals surface area (Å²) >= 11 is 3.44. The Morgan fingerprint density at radius 2 is 1.89 bits per heavy atom. The molecule has 2 rings (SSSR count). The fourth-order valence-electron chi connectivity index (χ4n) is 2.54. The minimum Gasteiger partial charge on any atom is -0.300 e. The Labute approximate surface area is 119 Å². The van der Waals surface area contributed by atoms with E-state index in [1.165, 1.54) is 5.56 Å². The smallest absolute Gasteiger partial charge is 0.300 e. The molecule has 1 unspecified atom stereocenters. The molecule has 104 valence electrons. The van der Waals surface area contributed by atoms with E-state index in [-0.39, 0.29) is 0 Å². The molecule has 1 N–H and O–H groups in total. The van der Waals surface area contributed by atoms with E-state index in [9.17, 15) is 9.00 Å². The van der Waals surface area contributed by atoms with Gasteiger partial charge in [-0.15, -0.1) is 0 Å². The van der Waals surface area contributed by atoms with E-state index < -0.39 is 17.0 Å². The van der Waals surface area contributed by atoms with Crippen molar-refractivity contribution in [1.29, 1.82) is 0 Å². The van der Waals surface area contributed by atoms with Crippen molar-refractivity contribution in [3.05, 3.63) is 34.9 Å². The van der Waals surface area contributed by atoms with Crippen LogP contribution in [0.2, 0.25) is 5.02 Å². The van der Waals surface area contributed by atoms with Crippen molar-refractivity contribution in [2.24, 2.45) is 0 Å². The monoisotopic (exact) mass is 302 g/mol. The lowest BCUT2D eigenvalue weighted by molar-refractivity contribution is -0.124. The van der Waals surface area contributed by atoms with Gasteiger partial charge in [-0.1, -0.05) is 23.7 Å². The van der Waals surface area contributed by atoms with Crippen LogP contribution in [0.15, 0.2) is 24.3 Å². The van der Waals surface area contributed by atoms with Crippen molar-refractivity contribution in [2.45, 2.75) is 37.2 Å². The molecule has 1 aliphatic carbocycles. The Hall–Kier alpha value is -0.750. The zero-order valence-electron chi connectivity index (χ0n) is 10.3. The predicted molar refractivity (Wildman–Crippen MR) is 73.3 cm³/mol. The van der Waals surface area contributed by atoms with Crippen molar-refractivity contribution in [2.75, 3.05) is 0 Å². The molecule has 19 heavy (non-hydrogen) atoms. The number of carbonyl (C=O) groups excluding carboxylic acids is 1. The van der Waals surface area contributed by atoms with Gasteiger partial charge in [-0.2, -0.15) is 4.21 Å².